The van der Waals surface area contributed by atoms with Crippen molar-refractivity contribution in [1.29, 1.82) is 0 Å². The summed E-state index contributed by atoms with van der Waals surface area (Å²) in [6.45, 7) is 0. The van der Waals surface area contributed by atoms with Crippen molar-refractivity contribution in [2.75, 3.05) is 0 Å². The van der Waals surface area contributed by atoms with Crippen LogP contribution in [0.25, 0.3) is 10.1 Å². The molecule has 0 unspecified atom stereocenters. The molecule has 4 heteroatoms. The van der Waals surface area contributed by atoms with Crippen molar-refractivity contribution in [2.24, 2.45) is 0 Å². The second-order valence-corrected chi connectivity index (χ2v) is 5.06. The fourth-order valence-electron chi connectivity index (χ4n) is 1.27. The fraction of sp³-hybridized carbons (Fsp3) is 0.111. The lowest BCUT2D eigenvalue weighted by molar-refractivity contribution is 1.43. The summed E-state index contributed by atoms with van der Waals surface area (Å²) >= 11 is 17.0. The Bertz CT molecular complexity index is 450. The lowest BCUT2D eigenvalue weighted by Gasteiger charge is -2.02. The van der Waals surface area contributed by atoms with Crippen molar-refractivity contribution in [1.82, 2.24) is 0 Å². The van der Waals surface area contributed by atoms with Gasteiger partial charge in [0, 0.05) is 25.8 Å². The Labute approximate surface area is 98.6 Å². The third-order valence-electron chi connectivity index (χ3n) is 1.88. The Morgan fingerprint density at radius 3 is 2.85 bits per heavy atom. The van der Waals surface area contributed by atoms with Crippen LogP contribution < -0.4 is 0 Å². The van der Waals surface area contributed by atoms with E-state index in [1.807, 2.05) is 17.5 Å². The van der Waals surface area contributed by atoms with Crippen LogP contribution in [0.5, 0.6) is 0 Å². The third-order valence-corrected chi connectivity index (χ3v) is 4.26. The average molecular weight is 296 g/mol. The van der Waals surface area contributed by atoms with Gasteiger partial charge in [-0.1, -0.05) is 27.5 Å². The largest absolute Gasteiger partial charge is 0.142 e. The van der Waals surface area contributed by atoms with Crippen LogP contribution >= 0.6 is 50.5 Å². The van der Waals surface area contributed by atoms with Crippen molar-refractivity contribution >= 4 is 60.6 Å². The van der Waals surface area contributed by atoms with E-state index in [9.17, 15) is 0 Å². The summed E-state index contributed by atoms with van der Waals surface area (Å²) in [7, 11) is 0. The minimum Gasteiger partial charge on any atom is -0.142 e. The lowest BCUT2D eigenvalue weighted by atomic mass is 10.1. The molecule has 2 aromatic rings. The molecular weight excluding hydrogens is 291 g/mol. The Hall–Kier alpha value is 0.240. The van der Waals surface area contributed by atoms with Crippen molar-refractivity contribution < 1.29 is 0 Å². The maximum absolute atomic E-state index is 6.06. The van der Waals surface area contributed by atoms with Crippen LogP contribution in [0.3, 0.4) is 0 Å². The van der Waals surface area contributed by atoms with Gasteiger partial charge < -0.3 is 0 Å². The van der Waals surface area contributed by atoms with Gasteiger partial charge in [0.2, 0.25) is 0 Å². The first-order valence-corrected chi connectivity index (χ1v) is 6.22. The summed E-state index contributed by atoms with van der Waals surface area (Å²) in [5.74, 6) is 0.481. The quantitative estimate of drug-likeness (QED) is 0.645. The molecule has 1 aromatic heterocycles. The highest BCUT2D eigenvalue weighted by molar-refractivity contribution is 9.10. The van der Waals surface area contributed by atoms with E-state index in [-0.39, 0.29) is 0 Å². The SMILES string of the molecule is ClCc1c(Br)ccc2scc(Cl)c12. The minimum absolute atomic E-state index is 0.481. The van der Waals surface area contributed by atoms with E-state index < -0.39 is 0 Å². The molecule has 0 nitrogen and oxygen atoms in total. The molecular formula is C9H5BrCl2S. The molecule has 0 bridgehead atoms. The van der Waals surface area contributed by atoms with Crippen molar-refractivity contribution in [3.63, 3.8) is 0 Å². The number of fused-ring (bicyclic) bond motifs is 1. The molecule has 0 aliphatic rings. The van der Waals surface area contributed by atoms with Crippen LogP contribution in [-0.2, 0) is 5.88 Å². The molecule has 68 valence electrons. The van der Waals surface area contributed by atoms with E-state index in [0.29, 0.717) is 5.88 Å². The highest BCUT2D eigenvalue weighted by atomic mass is 79.9. The monoisotopic (exact) mass is 294 g/mol. The molecule has 13 heavy (non-hydrogen) atoms. The van der Waals surface area contributed by atoms with Gasteiger partial charge in [-0.05, 0) is 17.7 Å². The molecule has 0 fully saturated rings. The number of alkyl halides is 1. The Balaban J connectivity index is 2.88. The maximum Gasteiger partial charge on any atom is 0.0595 e. The second kappa shape index (κ2) is 3.77. The molecule has 0 aliphatic carbocycles. The van der Waals surface area contributed by atoms with Gasteiger partial charge in [-0.3, -0.25) is 0 Å². The lowest BCUT2D eigenvalue weighted by Crippen LogP contribution is -1.81. The molecule has 1 aromatic carbocycles. The van der Waals surface area contributed by atoms with Gasteiger partial charge in [-0.15, -0.1) is 22.9 Å². The highest BCUT2D eigenvalue weighted by Gasteiger charge is 2.09. The van der Waals surface area contributed by atoms with Gasteiger partial charge in [-0.25, -0.2) is 0 Å². The smallest absolute Gasteiger partial charge is 0.0595 e. The zero-order valence-electron chi connectivity index (χ0n) is 6.48. The van der Waals surface area contributed by atoms with Crippen LogP contribution in [0, 0.1) is 0 Å². The van der Waals surface area contributed by atoms with Crippen molar-refractivity contribution in [3.05, 3.63) is 32.6 Å². The summed E-state index contributed by atoms with van der Waals surface area (Å²) in [6.07, 6.45) is 0. The van der Waals surface area contributed by atoms with Crippen LogP contribution in [-0.4, -0.2) is 0 Å². The Morgan fingerprint density at radius 1 is 1.38 bits per heavy atom. The molecule has 0 spiro atoms. The minimum atomic E-state index is 0.481. The van der Waals surface area contributed by atoms with E-state index in [4.69, 9.17) is 23.2 Å². The van der Waals surface area contributed by atoms with Gasteiger partial charge in [0.05, 0.1) is 5.02 Å². The first-order valence-electron chi connectivity index (χ1n) is 3.64. The molecule has 2 rings (SSSR count). The van der Waals surface area contributed by atoms with Gasteiger partial charge in [-0.2, -0.15) is 0 Å². The topological polar surface area (TPSA) is 0 Å². The predicted molar refractivity (Wildman–Crippen MR) is 64.1 cm³/mol. The molecule has 0 radical (unpaired) electrons. The number of benzene rings is 1. The number of rotatable bonds is 1. The molecule has 0 aliphatic heterocycles. The standard InChI is InChI=1S/C9H5BrCl2S/c10-6-1-2-8-9(5(6)3-11)7(12)4-13-8/h1-2,4H,3H2. The summed E-state index contributed by atoms with van der Waals surface area (Å²) in [6, 6.07) is 4.05. The Morgan fingerprint density at radius 2 is 2.15 bits per heavy atom. The highest BCUT2D eigenvalue weighted by Crippen LogP contribution is 2.36. The van der Waals surface area contributed by atoms with Crippen LogP contribution in [0.2, 0.25) is 5.02 Å². The molecule has 1 heterocycles. The van der Waals surface area contributed by atoms with Gasteiger partial charge in [0.1, 0.15) is 0 Å². The van der Waals surface area contributed by atoms with Gasteiger partial charge in [0.15, 0.2) is 0 Å². The number of hydrogen-bond donors (Lipinski definition) is 0. The van der Waals surface area contributed by atoms with Crippen molar-refractivity contribution in [2.45, 2.75) is 5.88 Å². The van der Waals surface area contributed by atoms with Crippen LogP contribution in [0.15, 0.2) is 22.0 Å². The maximum atomic E-state index is 6.06. The molecule has 0 amide bonds. The average Bonchev–Trinajstić information content (AvgIpc) is 2.49. The van der Waals surface area contributed by atoms with Crippen LogP contribution in [0.1, 0.15) is 5.56 Å². The van der Waals surface area contributed by atoms with E-state index in [0.717, 1.165) is 20.4 Å². The van der Waals surface area contributed by atoms with E-state index in [1.54, 1.807) is 11.3 Å². The molecule has 0 N–H and O–H groups in total. The number of thiophene rings is 1. The van der Waals surface area contributed by atoms with E-state index in [2.05, 4.69) is 15.9 Å². The predicted octanol–water partition coefficient (Wildman–Crippen LogP) is 5.06. The normalized spacial score (nSPS) is 11.0. The summed E-state index contributed by atoms with van der Waals surface area (Å²) in [5, 5.41) is 3.81. The van der Waals surface area contributed by atoms with E-state index in [1.165, 1.54) is 4.70 Å². The van der Waals surface area contributed by atoms with Gasteiger partial charge in [0.25, 0.3) is 0 Å². The number of halogens is 3. The fourth-order valence-corrected chi connectivity index (χ4v) is 3.43. The first kappa shape index (κ1) is 9.78. The molecule has 0 saturated heterocycles. The summed E-state index contributed by atoms with van der Waals surface area (Å²) in [5.41, 5.74) is 1.07. The van der Waals surface area contributed by atoms with Crippen LogP contribution in [0.4, 0.5) is 0 Å². The zero-order valence-corrected chi connectivity index (χ0v) is 10.4. The second-order valence-electron chi connectivity index (χ2n) is 2.62. The molecule has 0 atom stereocenters. The Kier molecular flexibility index (Phi) is 2.84. The third kappa shape index (κ3) is 1.61. The molecule has 0 saturated carbocycles. The summed E-state index contributed by atoms with van der Waals surface area (Å²) < 4.78 is 2.21. The van der Waals surface area contributed by atoms with E-state index >= 15 is 0 Å². The van der Waals surface area contributed by atoms with Crippen molar-refractivity contribution in [3.8, 4) is 0 Å². The number of hydrogen-bond acceptors (Lipinski definition) is 1. The zero-order chi connectivity index (χ0) is 9.42. The first-order chi connectivity index (χ1) is 6.24. The van der Waals surface area contributed by atoms with Gasteiger partial charge >= 0.3 is 0 Å². The summed E-state index contributed by atoms with van der Waals surface area (Å²) in [4.78, 5) is 0.